The molecular weight excluding hydrogens is 302 g/mol. The molecule has 2 aromatic heterocycles. The van der Waals surface area contributed by atoms with E-state index < -0.39 is 0 Å². The van der Waals surface area contributed by atoms with E-state index in [4.69, 9.17) is 0 Å². The van der Waals surface area contributed by atoms with Crippen LogP contribution in [0.3, 0.4) is 0 Å². The number of likely N-dealkylation sites (tertiary alicyclic amines) is 1. The highest BCUT2D eigenvalue weighted by Crippen LogP contribution is 2.33. The van der Waals surface area contributed by atoms with Crippen LogP contribution in [0.2, 0.25) is 0 Å². The lowest BCUT2D eigenvalue weighted by molar-refractivity contribution is -0.135. The Kier molecular flexibility index (Phi) is 4.73. The zero-order valence-electron chi connectivity index (χ0n) is 15.0. The Morgan fingerprint density at radius 3 is 2.83 bits per heavy atom. The van der Waals surface area contributed by atoms with Crippen LogP contribution >= 0.6 is 0 Å². The average Bonchev–Trinajstić information content (AvgIpc) is 3.12. The number of aromatic amines is 1. The molecule has 0 radical (unpaired) electrons. The first-order valence-corrected chi connectivity index (χ1v) is 8.78. The van der Waals surface area contributed by atoms with Gasteiger partial charge < -0.3 is 4.90 Å². The Morgan fingerprint density at radius 1 is 1.42 bits per heavy atom. The van der Waals surface area contributed by atoms with Gasteiger partial charge in [0, 0.05) is 31.9 Å². The molecule has 1 aliphatic rings. The summed E-state index contributed by atoms with van der Waals surface area (Å²) in [5.74, 6) is 0.402. The maximum Gasteiger partial charge on any atom is 0.223 e. The highest BCUT2D eigenvalue weighted by atomic mass is 16.2. The molecule has 6 nitrogen and oxygen atoms in total. The van der Waals surface area contributed by atoms with Gasteiger partial charge in [0.1, 0.15) is 0 Å². The van der Waals surface area contributed by atoms with Gasteiger partial charge in [-0.05, 0) is 50.7 Å². The molecule has 0 spiro atoms. The Balaban J connectivity index is 1.76. The highest BCUT2D eigenvalue weighted by molar-refractivity contribution is 5.77. The largest absolute Gasteiger partial charge is 0.334 e. The van der Waals surface area contributed by atoms with Crippen molar-refractivity contribution < 1.29 is 4.79 Å². The molecule has 3 heterocycles. The van der Waals surface area contributed by atoms with Crippen molar-refractivity contribution in [2.75, 3.05) is 6.54 Å². The van der Waals surface area contributed by atoms with Gasteiger partial charge in [0.05, 0.1) is 17.4 Å². The van der Waals surface area contributed by atoms with Crippen LogP contribution in [0.25, 0.3) is 0 Å². The summed E-state index contributed by atoms with van der Waals surface area (Å²) in [6, 6.07) is 2.18. The van der Waals surface area contributed by atoms with Gasteiger partial charge in [-0.3, -0.25) is 14.6 Å². The van der Waals surface area contributed by atoms with Gasteiger partial charge in [0.2, 0.25) is 5.91 Å². The summed E-state index contributed by atoms with van der Waals surface area (Å²) in [5.41, 5.74) is 4.37. The third-order valence-electron chi connectivity index (χ3n) is 5.18. The van der Waals surface area contributed by atoms with Crippen molar-refractivity contribution in [3.8, 4) is 0 Å². The van der Waals surface area contributed by atoms with E-state index in [-0.39, 0.29) is 17.9 Å². The third-order valence-corrected chi connectivity index (χ3v) is 5.18. The monoisotopic (exact) mass is 329 g/mol. The van der Waals surface area contributed by atoms with Crippen molar-refractivity contribution in [1.82, 2.24) is 24.9 Å². The number of nitrogens with zero attached hydrogens (tertiary/aromatic N) is 4. The summed E-state index contributed by atoms with van der Waals surface area (Å²) < 4.78 is 1.89. The normalized spacial score (nSPS) is 19.5. The Labute approximate surface area is 143 Å². The molecule has 24 heavy (non-hydrogen) atoms. The fraction of sp³-hybridized carbons (Fsp3) is 0.611. The number of hydrogen-bond donors (Lipinski definition) is 1. The molecule has 1 N–H and O–H groups in total. The lowest BCUT2D eigenvalue weighted by Crippen LogP contribution is -2.39. The zero-order chi connectivity index (χ0) is 17.3. The molecule has 2 aromatic rings. The van der Waals surface area contributed by atoms with Crippen LogP contribution in [0.4, 0.5) is 0 Å². The molecule has 2 atom stereocenters. The number of rotatable bonds is 4. The molecule has 1 fully saturated rings. The average molecular weight is 329 g/mol. The van der Waals surface area contributed by atoms with Gasteiger partial charge in [-0.15, -0.1) is 0 Å². The smallest absolute Gasteiger partial charge is 0.223 e. The molecule has 6 heteroatoms. The molecule has 0 saturated carbocycles. The topological polar surface area (TPSA) is 66.8 Å². The fourth-order valence-electron chi connectivity index (χ4n) is 4.02. The summed E-state index contributed by atoms with van der Waals surface area (Å²) >= 11 is 0. The van der Waals surface area contributed by atoms with E-state index in [1.165, 1.54) is 5.56 Å². The van der Waals surface area contributed by atoms with Crippen molar-refractivity contribution in [2.45, 2.75) is 58.4 Å². The van der Waals surface area contributed by atoms with Crippen molar-refractivity contribution in [3.05, 3.63) is 34.9 Å². The molecule has 1 amide bonds. The number of carbonyl (C=O) groups is 1. The van der Waals surface area contributed by atoms with Crippen LogP contribution < -0.4 is 0 Å². The molecule has 0 aliphatic carbocycles. The summed E-state index contributed by atoms with van der Waals surface area (Å²) in [4.78, 5) is 15.1. The summed E-state index contributed by atoms with van der Waals surface area (Å²) in [5, 5.41) is 11.6. The number of H-pyrrole nitrogens is 1. The van der Waals surface area contributed by atoms with E-state index in [1.54, 1.807) is 0 Å². The quantitative estimate of drug-likeness (QED) is 0.937. The molecule has 3 rings (SSSR count). The van der Waals surface area contributed by atoms with Crippen LogP contribution in [0.5, 0.6) is 0 Å². The number of piperidine rings is 1. The van der Waals surface area contributed by atoms with Crippen molar-refractivity contribution >= 4 is 5.91 Å². The minimum absolute atomic E-state index is 0.150. The molecule has 130 valence electrons. The van der Waals surface area contributed by atoms with E-state index in [9.17, 15) is 4.79 Å². The maximum absolute atomic E-state index is 13.0. The first-order chi connectivity index (χ1) is 11.5. The van der Waals surface area contributed by atoms with Crippen molar-refractivity contribution in [1.29, 1.82) is 0 Å². The van der Waals surface area contributed by atoms with E-state index in [2.05, 4.69) is 27.1 Å². The Hall–Kier alpha value is -2.11. The van der Waals surface area contributed by atoms with Crippen molar-refractivity contribution in [2.24, 2.45) is 7.05 Å². The number of nitrogens with one attached hydrogen (secondary N) is 1. The number of aryl methyl sites for hydroxylation is 3. The van der Waals surface area contributed by atoms with Gasteiger partial charge >= 0.3 is 0 Å². The maximum atomic E-state index is 13.0. The van der Waals surface area contributed by atoms with Crippen LogP contribution in [0.1, 0.15) is 67.2 Å². The van der Waals surface area contributed by atoms with Crippen LogP contribution in [0, 0.1) is 13.8 Å². The van der Waals surface area contributed by atoms with Crippen LogP contribution in [-0.4, -0.2) is 37.3 Å². The first kappa shape index (κ1) is 16.7. The molecule has 2 unspecified atom stereocenters. The van der Waals surface area contributed by atoms with Gasteiger partial charge in [0.15, 0.2) is 0 Å². The standard InChI is InChI=1S/C18H27N5O/c1-12(18-13(2)20-21-14(18)3)11-17(24)23-10-6-5-7-16(23)15-8-9-19-22(15)4/h8-9,12,16H,5-7,10-11H2,1-4H3,(H,20,21). The molecule has 1 aliphatic heterocycles. The molecule has 0 bridgehead atoms. The third kappa shape index (κ3) is 3.09. The predicted molar refractivity (Wildman–Crippen MR) is 92.6 cm³/mol. The second-order valence-corrected chi connectivity index (χ2v) is 6.93. The summed E-state index contributed by atoms with van der Waals surface area (Å²) in [6.45, 7) is 6.98. The summed E-state index contributed by atoms with van der Waals surface area (Å²) in [6.07, 6.45) is 5.60. The first-order valence-electron chi connectivity index (χ1n) is 8.78. The zero-order valence-corrected chi connectivity index (χ0v) is 15.0. The lowest BCUT2D eigenvalue weighted by Gasteiger charge is -2.36. The van der Waals surface area contributed by atoms with E-state index in [1.807, 2.05) is 37.8 Å². The SMILES string of the molecule is Cc1n[nH]c(C)c1C(C)CC(=O)N1CCCCC1c1ccnn1C. The lowest BCUT2D eigenvalue weighted by atomic mass is 9.93. The van der Waals surface area contributed by atoms with Gasteiger partial charge in [-0.2, -0.15) is 10.2 Å². The van der Waals surface area contributed by atoms with E-state index >= 15 is 0 Å². The van der Waals surface area contributed by atoms with Crippen molar-refractivity contribution in [3.63, 3.8) is 0 Å². The minimum Gasteiger partial charge on any atom is -0.334 e. The Morgan fingerprint density at radius 2 is 2.21 bits per heavy atom. The number of aromatic nitrogens is 4. The van der Waals surface area contributed by atoms with E-state index in [0.717, 1.165) is 42.9 Å². The second-order valence-electron chi connectivity index (χ2n) is 6.93. The van der Waals surface area contributed by atoms with Gasteiger partial charge in [-0.1, -0.05) is 6.92 Å². The van der Waals surface area contributed by atoms with Gasteiger partial charge in [0.25, 0.3) is 0 Å². The second kappa shape index (κ2) is 6.79. The predicted octanol–water partition coefficient (Wildman–Crippen LogP) is 3.01. The fourth-order valence-corrected chi connectivity index (χ4v) is 4.02. The Bertz CT molecular complexity index is 697. The molecular formula is C18H27N5O. The van der Waals surface area contributed by atoms with Crippen LogP contribution in [-0.2, 0) is 11.8 Å². The number of carbonyl (C=O) groups excluding carboxylic acids is 1. The molecule has 1 saturated heterocycles. The van der Waals surface area contributed by atoms with Gasteiger partial charge in [-0.25, -0.2) is 0 Å². The highest BCUT2D eigenvalue weighted by Gasteiger charge is 2.31. The molecule has 0 aromatic carbocycles. The van der Waals surface area contributed by atoms with Crippen LogP contribution in [0.15, 0.2) is 12.3 Å². The minimum atomic E-state index is 0.150. The number of amides is 1. The number of hydrogen-bond acceptors (Lipinski definition) is 3. The van der Waals surface area contributed by atoms with E-state index in [0.29, 0.717) is 6.42 Å². The summed E-state index contributed by atoms with van der Waals surface area (Å²) in [7, 11) is 1.95.